The number of carbonyl (C=O) groups excluding carboxylic acids is 1. The summed E-state index contributed by atoms with van der Waals surface area (Å²) >= 11 is 0. The van der Waals surface area contributed by atoms with Crippen LogP contribution in [0.2, 0.25) is 0 Å². The molecule has 0 fully saturated rings. The summed E-state index contributed by atoms with van der Waals surface area (Å²) < 4.78 is 30.7. The predicted molar refractivity (Wildman–Crippen MR) is 75.8 cm³/mol. The summed E-state index contributed by atoms with van der Waals surface area (Å²) in [6, 6.07) is 6.14. The molecule has 5 nitrogen and oxygen atoms in total. The minimum absolute atomic E-state index is 0.00682. The van der Waals surface area contributed by atoms with Crippen LogP contribution in [0.5, 0.6) is 0 Å². The SMILES string of the molecule is C=C=CC(CC)OC(=O)NS(=O)(=O)c1ccc(C)cc1. The molecule has 1 aromatic rings. The molecule has 0 spiro atoms. The minimum atomic E-state index is -3.92. The van der Waals surface area contributed by atoms with Crippen LogP contribution in [0, 0.1) is 6.92 Å². The molecule has 1 amide bonds. The van der Waals surface area contributed by atoms with E-state index < -0.39 is 22.2 Å². The molecule has 0 aliphatic rings. The van der Waals surface area contributed by atoms with E-state index in [0.717, 1.165) is 5.56 Å². The number of rotatable bonds is 5. The quantitative estimate of drug-likeness (QED) is 0.847. The van der Waals surface area contributed by atoms with Gasteiger partial charge in [0.1, 0.15) is 6.10 Å². The van der Waals surface area contributed by atoms with Gasteiger partial charge in [-0.3, -0.25) is 0 Å². The third-order valence-corrected chi connectivity index (χ3v) is 3.84. The average Bonchev–Trinajstić information content (AvgIpc) is 2.38. The summed E-state index contributed by atoms with van der Waals surface area (Å²) in [5.41, 5.74) is 3.42. The van der Waals surface area contributed by atoms with Crippen molar-refractivity contribution in [1.82, 2.24) is 4.72 Å². The van der Waals surface area contributed by atoms with Gasteiger partial charge in [-0.2, -0.15) is 0 Å². The predicted octanol–water partition coefficient (Wildman–Crippen LogP) is 2.53. The highest BCUT2D eigenvalue weighted by Gasteiger charge is 2.19. The first-order valence-corrected chi connectivity index (χ1v) is 7.53. The lowest BCUT2D eigenvalue weighted by molar-refractivity contribution is 0.123. The van der Waals surface area contributed by atoms with E-state index in [4.69, 9.17) is 4.74 Å². The molecule has 0 aliphatic carbocycles. The number of benzene rings is 1. The van der Waals surface area contributed by atoms with Crippen LogP contribution in [0.4, 0.5) is 4.79 Å². The topological polar surface area (TPSA) is 72.5 Å². The van der Waals surface area contributed by atoms with Gasteiger partial charge in [0.25, 0.3) is 10.0 Å². The average molecular weight is 295 g/mol. The minimum Gasteiger partial charge on any atom is -0.441 e. The molecule has 1 N–H and O–H groups in total. The third kappa shape index (κ3) is 4.57. The molecular formula is C14H17NO4S. The first kappa shape index (κ1) is 16.0. The molecule has 108 valence electrons. The summed E-state index contributed by atoms with van der Waals surface area (Å²) in [5, 5.41) is 0. The van der Waals surface area contributed by atoms with Gasteiger partial charge in [-0.15, -0.1) is 5.73 Å². The fourth-order valence-electron chi connectivity index (χ4n) is 1.41. The standard InChI is InChI=1S/C14H17NO4S/c1-4-6-12(5-2)19-14(16)15-20(17,18)13-9-7-11(3)8-10-13/h6-10,12H,1,5H2,2-3H3,(H,15,16). The molecule has 1 unspecified atom stereocenters. The van der Waals surface area contributed by atoms with E-state index in [1.165, 1.54) is 18.2 Å². The van der Waals surface area contributed by atoms with Gasteiger partial charge in [0.15, 0.2) is 0 Å². The van der Waals surface area contributed by atoms with Gasteiger partial charge in [0.2, 0.25) is 0 Å². The second kappa shape index (κ2) is 6.93. The molecule has 1 rings (SSSR count). The first-order chi connectivity index (χ1) is 9.39. The molecule has 0 heterocycles. The fraction of sp³-hybridized carbons (Fsp3) is 0.286. The van der Waals surface area contributed by atoms with E-state index >= 15 is 0 Å². The molecule has 0 aromatic heterocycles. The summed E-state index contributed by atoms with van der Waals surface area (Å²) in [4.78, 5) is 11.6. The normalized spacial score (nSPS) is 12.1. The number of ether oxygens (including phenoxy) is 1. The molecule has 0 saturated heterocycles. The molecule has 0 bridgehead atoms. The number of carbonyl (C=O) groups is 1. The fourth-order valence-corrected chi connectivity index (χ4v) is 2.29. The smallest absolute Gasteiger partial charge is 0.421 e. The number of hydrogen-bond donors (Lipinski definition) is 1. The lowest BCUT2D eigenvalue weighted by atomic mass is 10.2. The van der Waals surface area contributed by atoms with Crippen molar-refractivity contribution in [3.8, 4) is 0 Å². The Balaban J connectivity index is 2.78. The highest BCUT2D eigenvalue weighted by molar-refractivity contribution is 7.90. The second-order valence-corrected chi connectivity index (χ2v) is 5.82. The lowest BCUT2D eigenvalue weighted by Gasteiger charge is -2.12. The Labute approximate surface area is 119 Å². The van der Waals surface area contributed by atoms with E-state index in [1.807, 2.05) is 11.6 Å². The van der Waals surface area contributed by atoms with Crippen molar-refractivity contribution in [3.05, 3.63) is 48.2 Å². The van der Waals surface area contributed by atoms with Crippen LogP contribution in [-0.2, 0) is 14.8 Å². The molecule has 0 saturated carbocycles. The van der Waals surface area contributed by atoms with Crippen LogP contribution < -0.4 is 4.72 Å². The third-order valence-electron chi connectivity index (χ3n) is 2.51. The van der Waals surface area contributed by atoms with Crippen molar-refractivity contribution in [2.24, 2.45) is 0 Å². The van der Waals surface area contributed by atoms with Crippen LogP contribution in [-0.4, -0.2) is 20.6 Å². The summed E-state index contributed by atoms with van der Waals surface area (Å²) in [7, 11) is -3.92. The number of aryl methyl sites for hydroxylation is 1. The van der Waals surface area contributed by atoms with Crippen molar-refractivity contribution in [1.29, 1.82) is 0 Å². The van der Waals surface area contributed by atoms with Gasteiger partial charge in [0, 0.05) is 0 Å². The van der Waals surface area contributed by atoms with Gasteiger partial charge >= 0.3 is 6.09 Å². The summed E-state index contributed by atoms with van der Waals surface area (Å²) in [6.45, 7) is 7.01. The van der Waals surface area contributed by atoms with E-state index in [-0.39, 0.29) is 4.90 Å². The number of amides is 1. The zero-order chi connectivity index (χ0) is 15.2. The van der Waals surface area contributed by atoms with Gasteiger partial charge in [-0.1, -0.05) is 31.2 Å². The van der Waals surface area contributed by atoms with Crippen molar-refractivity contribution < 1.29 is 17.9 Å². The number of sulfonamides is 1. The molecule has 1 atom stereocenters. The van der Waals surface area contributed by atoms with Crippen LogP contribution in [0.15, 0.2) is 47.5 Å². The van der Waals surface area contributed by atoms with Crippen LogP contribution >= 0.6 is 0 Å². The molecule has 0 aliphatic heterocycles. The maximum Gasteiger partial charge on any atom is 0.421 e. The highest BCUT2D eigenvalue weighted by atomic mass is 32.2. The van der Waals surface area contributed by atoms with Gasteiger partial charge < -0.3 is 4.74 Å². The molecule has 20 heavy (non-hydrogen) atoms. The van der Waals surface area contributed by atoms with Gasteiger partial charge in [-0.25, -0.2) is 17.9 Å². The summed E-state index contributed by atoms with van der Waals surface area (Å²) in [5.74, 6) is 0. The van der Waals surface area contributed by atoms with Gasteiger partial charge in [0.05, 0.1) is 4.90 Å². The Hall–Kier alpha value is -2.04. The zero-order valence-corrected chi connectivity index (χ0v) is 12.2. The largest absolute Gasteiger partial charge is 0.441 e. The zero-order valence-electron chi connectivity index (χ0n) is 11.4. The molecule has 0 radical (unpaired) electrons. The van der Waals surface area contributed by atoms with E-state index in [9.17, 15) is 13.2 Å². The Kier molecular flexibility index (Phi) is 5.55. The van der Waals surface area contributed by atoms with Crippen LogP contribution in [0.3, 0.4) is 0 Å². The first-order valence-electron chi connectivity index (χ1n) is 6.05. The Morgan fingerprint density at radius 3 is 2.55 bits per heavy atom. The maximum absolute atomic E-state index is 11.9. The van der Waals surface area contributed by atoms with Crippen molar-refractivity contribution in [2.45, 2.75) is 31.3 Å². The second-order valence-electron chi connectivity index (χ2n) is 4.14. The monoisotopic (exact) mass is 295 g/mol. The highest BCUT2D eigenvalue weighted by Crippen LogP contribution is 2.10. The lowest BCUT2D eigenvalue weighted by Crippen LogP contribution is -2.33. The number of hydrogen-bond acceptors (Lipinski definition) is 4. The van der Waals surface area contributed by atoms with Crippen molar-refractivity contribution >= 4 is 16.1 Å². The van der Waals surface area contributed by atoms with Crippen LogP contribution in [0.1, 0.15) is 18.9 Å². The number of nitrogens with one attached hydrogen (secondary N) is 1. The Morgan fingerprint density at radius 2 is 2.05 bits per heavy atom. The molecule has 1 aromatic carbocycles. The van der Waals surface area contributed by atoms with Crippen molar-refractivity contribution in [2.75, 3.05) is 0 Å². The van der Waals surface area contributed by atoms with E-state index in [0.29, 0.717) is 6.42 Å². The Morgan fingerprint density at radius 1 is 1.45 bits per heavy atom. The molecular weight excluding hydrogens is 278 g/mol. The van der Waals surface area contributed by atoms with E-state index in [1.54, 1.807) is 19.1 Å². The molecule has 6 heteroatoms. The van der Waals surface area contributed by atoms with E-state index in [2.05, 4.69) is 12.3 Å². The van der Waals surface area contributed by atoms with Gasteiger partial charge in [-0.05, 0) is 31.6 Å². The summed E-state index contributed by atoms with van der Waals surface area (Å²) in [6.07, 6.45) is 0.378. The van der Waals surface area contributed by atoms with Crippen molar-refractivity contribution in [3.63, 3.8) is 0 Å². The maximum atomic E-state index is 11.9. The van der Waals surface area contributed by atoms with Crippen LogP contribution in [0.25, 0.3) is 0 Å². The Bertz CT molecular complexity index is 613.